The molecule has 4 aliphatic rings. The number of fused-ring (bicyclic) bond motifs is 2. The van der Waals surface area contributed by atoms with Gasteiger partial charge in [0.1, 0.15) is 28.3 Å². The lowest BCUT2D eigenvalue weighted by molar-refractivity contribution is -0.140. The van der Waals surface area contributed by atoms with Crippen molar-refractivity contribution in [2.45, 2.75) is 88.2 Å². The number of rotatable bonds is 7. The number of hydrogen-bond donors (Lipinski definition) is 4. The summed E-state index contributed by atoms with van der Waals surface area (Å²) >= 11 is 0. The van der Waals surface area contributed by atoms with Gasteiger partial charge in [-0.2, -0.15) is 0 Å². The second-order valence-electron chi connectivity index (χ2n) is 14.0. The van der Waals surface area contributed by atoms with Crippen molar-refractivity contribution in [3.8, 4) is 0 Å². The third kappa shape index (κ3) is 6.61. The fraction of sp³-hybridized carbons (Fsp3) is 0.543. The Morgan fingerprint density at radius 1 is 1.09 bits per heavy atom. The number of carbonyl (C=O) groups excluding carboxylic acids is 3. The van der Waals surface area contributed by atoms with E-state index in [-0.39, 0.29) is 34.5 Å². The number of aromatic nitrogens is 1. The topological polar surface area (TPSA) is 150 Å². The Morgan fingerprint density at radius 3 is 2.60 bits per heavy atom. The molecule has 2 saturated carbocycles. The van der Waals surface area contributed by atoms with E-state index in [0.717, 1.165) is 32.1 Å². The van der Waals surface area contributed by atoms with Crippen molar-refractivity contribution in [2.24, 2.45) is 23.2 Å². The molecule has 0 radical (unpaired) electrons. The maximum absolute atomic E-state index is 14.3. The molecule has 0 bridgehead atoms. The molecule has 47 heavy (non-hydrogen) atoms. The van der Waals surface area contributed by atoms with Crippen LogP contribution in [0.25, 0.3) is 0 Å². The van der Waals surface area contributed by atoms with Gasteiger partial charge in [-0.15, -0.1) is 0 Å². The van der Waals surface area contributed by atoms with Crippen molar-refractivity contribution in [2.75, 3.05) is 23.7 Å². The van der Waals surface area contributed by atoms with Crippen LogP contribution in [0.1, 0.15) is 65.7 Å². The molecular formula is C35H46N6O5S. The predicted octanol–water partition coefficient (Wildman–Crippen LogP) is 4.07. The van der Waals surface area contributed by atoms with E-state index in [1.165, 1.54) is 6.07 Å². The first-order chi connectivity index (χ1) is 22.5. The molecule has 3 amide bonds. The second kappa shape index (κ2) is 12.9. The van der Waals surface area contributed by atoms with Crippen LogP contribution in [-0.4, -0.2) is 66.7 Å². The number of likely N-dealkylation sites (tertiary alicyclic amines) is 1. The summed E-state index contributed by atoms with van der Waals surface area (Å²) in [6, 6.07) is 10.6. The van der Waals surface area contributed by atoms with Gasteiger partial charge in [-0.3, -0.25) is 14.4 Å². The van der Waals surface area contributed by atoms with Gasteiger partial charge in [-0.1, -0.05) is 57.5 Å². The number of para-hydroxylation sites is 1. The average molecular weight is 663 g/mol. The van der Waals surface area contributed by atoms with E-state index in [9.17, 15) is 22.8 Å². The third-order valence-corrected chi connectivity index (χ3v) is 11.8. The van der Waals surface area contributed by atoms with E-state index in [2.05, 4.69) is 32.6 Å². The standard InChI is InChI=1S/C35H46N6O5S/c1-4-24-19-34(24)21-27(41(22-34)32(43)30(23(2)3)38-29-16-10-12-18-37-29)31(42)39-35-20-25(35)13-7-5-6-11-17-36-26-14-8-9-15-28(26)47(45,46)40-33(35)44/h7-10,12-16,18,23-25,27,30,36H,4-6,11,17,19-22H2,1-3H3,(H,37,38)(H,39,42)(H,40,44)/t24?,25-,27+,30?,34?,35-/m1/s1. The number of nitrogens with zero attached hydrogens (tertiary/aromatic N) is 2. The zero-order chi connectivity index (χ0) is 33.4. The summed E-state index contributed by atoms with van der Waals surface area (Å²) in [5.74, 6) is -0.837. The molecule has 6 atom stereocenters. The number of sulfonamides is 1. The zero-order valence-electron chi connectivity index (χ0n) is 27.4. The summed E-state index contributed by atoms with van der Waals surface area (Å²) in [5, 5.41) is 9.46. The molecule has 12 heteroatoms. The molecule has 6 rings (SSSR count). The summed E-state index contributed by atoms with van der Waals surface area (Å²) in [5.41, 5.74) is -1.15. The van der Waals surface area contributed by atoms with Crippen molar-refractivity contribution < 1.29 is 22.8 Å². The van der Waals surface area contributed by atoms with Crippen molar-refractivity contribution in [3.05, 3.63) is 60.8 Å². The van der Waals surface area contributed by atoms with Crippen molar-refractivity contribution >= 4 is 39.3 Å². The first-order valence-electron chi connectivity index (χ1n) is 16.9. The van der Waals surface area contributed by atoms with E-state index >= 15 is 0 Å². The van der Waals surface area contributed by atoms with Crippen LogP contribution in [-0.2, 0) is 24.4 Å². The van der Waals surface area contributed by atoms with Crippen LogP contribution in [0.3, 0.4) is 0 Å². The largest absolute Gasteiger partial charge is 0.384 e. The summed E-state index contributed by atoms with van der Waals surface area (Å²) in [7, 11) is -4.25. The van der Waals surface area contributed by atoms with Crippen LogP contribution in [0, 0.1) is 23.2 Å². The van der Waals surface area contributed by atoms with Crippen molar-refractivity contribution in [1.82, 2.24) is 19.9 Å². The van der Waals surface area contributed by atoms with Crippen LogP contribution >= 0.6 is 0 Å². The Kier molecular flexibility index (Phi) is 9.08. The van der Waals surface area contributed by atoms with E-state index < -0.39 is 39.5 Å². The number of amides is 3. The molecule has 11 nitrogen and oxygen atoms in total. The molecule has 2 aliphatic carbocycles. The predicted molar refractivity (Wildman–Crippen MR) is 180 cm³/mol. The van der Waals surface area contributed by atoms with E-state index in [1.54, 1.807) is 35.4 Å². The highest BCUT2D eigenvalue weighted by Gasteiger charge is 2.65. The van der Waals surface area contributed by atoms with Crippen LogP contribution in [0.2, 0.25) is 0 Å². The van der Waals surface area contributed by atoms with Gasteiger partial charge in [-0.25, -0.2) is 18.1 Å². The minimum Gasteiger partial charge on any atom is -0.384 e. The molecule has 3 heterocycles. The fourth-order valence-corrected chi connectivity index (χ4v) is 8.72. The highest BCUT2D eigenvalue weighted by Crippen LogP contribution is 2.61. The normalized spacial score (nSPS) is 30.3. The van der Waals surface area contributed by atoms with Gasteiger partial charge in [-0.05, 0) is 80.0 Å². The number of anilines is 2. The highest BCUT2D eigenvalue weighted by molar-refractivity contribution is 7.90. The molecule has 1 spiro atoms. The lowest BCUT2D eigenvalue weighted by atomic mass is 9.98. The third-order valence-electron chi connectivity index (χ3n) is 10.5. The minimum atomic E-state index is -4.25. The minimum absolute atomic E-state index is 0.0198. The van der Waals surface area contributed by atoms with Crippen LogP contribution in [0.15, 0.2) is 65.7 Å². The van der Waals surface area contributed by atoms with Crippen molar-refractivity contribution in [3.63, 3.8) is 0 Å². The molecule has 1 aromatic carbocycles. The van der Waals surface area contributed by atoms with E-state index in [0.29, 0.717) is 36.9 Å². The number of hydrogen-bond acceptors (Lipinski definition) is 8. The summed E-state index contributed by atoms with van der Waals surface area (Å²) in [6.45, 7) is 7.12. The van der Waals surface area contributed by atoms with Crippen LogP contribution < -0.4 is 20.7 Å². The number of pyridine rings is 1. The Hall–Kier alpha value is -3.93. The van der Waals surface area contributed by atoms with Gasteiger partial charge < -0.3 is 20.9 Å². The van der Waals surface area contributed by atoms with Crippen LogP contribution in [0.4, 0.5) is 11.5 Å². The Balaban J connectivity index is 1.27. The van der Waals surface area contributed by atoms with Gasteiger partial charge in [0.05, 0.1) is 5.69 Å². The Labute approximate surface area is 277 Å². The lowest BCUT2D eigenvalue weighted by Crippen LogP contribution is -2.57. The maximum Gasteiger partial charge on any atom is 0.266 e. The average Bonchev–Trinajstić information content (AvgIpc) is 3.90. The second-order valence-corrected chi connectivity index (χ2v) is 15.6. The zero-order valence-corrected chi connectivity index (χ0v) is 28.2. The molecule has 3 unspecified atom stereocenters. The highest BCUT2D eigenvalue weighted by atomic mass is 32.2. The van der Waals surface area contributed by atoms with Crippen LogP contribution in [0.5, 0.6) is 0 Å². The summed E-state index contributed by atoms with van der Waals surface area (Å²) in [4.78, 5) is 48.5. The van der Waals surface area contributed by atoms with E-state index in [4.69, 9.17) is 0 Å². The number of benzene rings is 1. The fourth-order valence-electron chi connectivity index (χ4n) is 7.50. The van der Waals surface area contributed by atoms with E-state index in [1.807, 2.05) is 38.1 Å². The number of allylic oxidation sites excluding steroid dienone is 1. The number of nitrogens with one attached hydrogen (secondary N) is 4. The number of carbonyl (C=O) groups is 3. The summed E-state index contributed by atoms with van der Waals surface area (Å²) < 4.78 is 29.4. The molecule has 2 aromatic rings. The molecule has 1 saturated heterocycles. The first-order valence-corrected chi connectivity index (χ1v) is 18.3. The molecule has 2 aliphatic heterocycles. The molecule has 252 valence electrons. The Morgan fingerprint density at radius 2 is 1.87 bits per heavy atom. The van der Waals surface area contributed by atoms with Gasteiger partial charge in [0.2, 0.25) is 11.8 Å². The van der Waals surface area contributed by atoms with Gasteiger partial charge in [0.25, 0.3) is 15.9 Å². The lowest BCUT2D eigenvalue weighted by Gasteiger charge is -2.31. The molecular weight excluding hydrogens is 616 g/mol. The first kappa shape index (κ1) is 33.0. The SMILES string of the molecule is CCC1CC12C[C@@H](C(=O)N[C@]13C[C@H]1C=CCCCCNc1ccccc1S(=O)(=O)NC3=O)N(C(=O)C(Nc1ccccn1)C(C)C)C2. The van der Waals surface area contributed by atoms with Gasteiger partial charge in [0, 0.05) is 25.2 Å². The Bertz CT molecular complexity index is 1650. The maximum atomic E-state index is 14.3. The van der Waals surface area contributed by atoms with Gasteiger partial charge in [0.15, 0.2) is 0 Å². The van der Waals surface area contributed by atoms with Crippen molar-refractivity contribution in [1.29, 1.82) is 0 Å². The monoisotopic (exact) mass is 662 g/mol. The smallest absolute Gasteiger partial charge is 0.266 e. The molecule has 4 N–H and O–H groups in total. The summed E-state index contributed by atoms with van der Waals surface area (Å²) in [6.07, 6.45) is 10.8. The quantitative estimate of drug-likeness (QED) is 0.325. The van der Waals surface area contributed by atoms with Gasteiger partial charge >= 0.3 is 0 Å². The molecule has 3 fully saturated rings. The molecule has 1 aromatic heterocycles.